The van der Waals surface area contributed by atoms with E-state index >= 15 is 0 Å². The molecule has 3 nitrogen and oxygen atoms in total. The molecule has 0 spiro atoms. The molecule has 106 valence electrons. The molecule has 0 aliphatic heterocycles. The summed E-state index contributed by atoms with van der Waals surface area (Å²) < 4.78 is 0. The summed E-state index contributed by atoms with van der Waals surface area (Å²) in [7, 11) is 1.79. The molecule has 5 heteroatoms. The zero-order chi connectivity index (χ0) is 14.8. The van der Waals surface area contributed by atoms with Crippen molar-refractivity contribution >= 4 is 34.3 Å². The average molecular weight is 314 g/mol. The van der Waals surface area contributed by atoms with E-state index in [9.17, 15) is 4.79 Å². The van der Waals surface area contributed by atoms with E-state index < -0.39 is 0 Å². The van der Waals surface area contributed by atoms with Gasteiger partial charge in [-0.3, -0.25) is 4.79 Å². The summed E-state index contributed by atoms with van der Waals surface area (Å²) >= 11 is 3.09. The number of anilines is 1. The van der Waals surface area contributed by atoms with E-state index in [1.807, 2.05) is 54.8 Å². The number of nitrogens with zero attached hydrogens (tertiary/aromatic N) is 2. The van der Waals surface area contributed by atoms with Crippen LogP contribution in [0, 0.1) is 6.92 Å². The quantitative estimate of drug-likeness (QED) is 0.715. The Morgan fingerprint density at radius 2 is 1.90 bits per heavy atom. The highest BCUT2D eigenvalue weighted by molar-refractivity contribution is 7.22. The van der Waals surface area contributed by atoms with Crippen molar-refractivity contribution in [2.75, 3.05) is 11.9 Å². The highest BCUT2D eigenvalue weighted by Crippen LogP contribution is 2.32. The minimum Gasteiger partial charge on any atom is -0.311 e. The highest BCUT2D eigenvalue weighted by Gasteiger charge is 2.20. The summed E-state index contributed by atoms with van der Waals surface area (Å²) in [4.78, 5) is 20.6. The molecule has 3 aromatic rings. The second-order valence-electron chi connectivity index (χ2n) is 4.61. The first kappa shape index (κ1) is 14.0. The minimum atomic E-state index is -0.0148. The molecule has 0 aliphatic carbocycles. The Kier molecular flexibility index (Phi) is 3.86. The fourth-order valence-electron chi connectivity index (χ4n) is 2.02. The van der Waals surface area contributed by atoms with Crippen molar-refractivity contribution in [3.05, 3.63) is 58.4 Å². The zero-order valence-corrected chi connectivity index (χ0v) is 13.4. The number of rotatable bonds is 3. The summed E-state index contributed by atoms with van der Waals surface area (Å²) in [5.41, 5.74) is 1.67. The second-order valence-corrected chi connectivity index (χ2v) is 6.56. The fourth-order valence-corrected chi connectivity index (χ4v) is 3.86. The number of thiophene rings is 1. The first-order chi connectivity index (χ1) is 10.2. The Morgan fingerprint density at radius 3 is 2.57 bits per heavy atom. The molecule has 0 atom stereocenters. The van der Waals surface area contributed by atoms with Crippen LogP contribution in [0.15, 0.2) is 47.8 Å². The highest BCUT2D eigenvalue weighted by atomic mass is 32.1. The molecule has 1 amide bonds. The van der Waals surface area contributed by atoms with Crippen molar-refractivity contribution in [2.45, 2.75) is 6.92 Å². The SMILES string of the molecule is Cc1nc(-c2cccs2)sc1C(=O)N(C)c1ccccc1. The molecule has 3 rings (SSSR count). The van der Waals surface area contributed by atoms with Gasteiger partial charge in [-0.2, -0.15) is 0 Å². The molecule has 0 saturated carbocycles. The molecule has 2 heterocycles. The number of carbonyl (C=O) groups is 1. The number of amides is 1. The Balaban J connectivity index is 1.92. The number of aryl methyl sites for hydroxylation is 1. The number of hydrogen-bond acceptors (Lipinski definition) is 4. The molecule has 0 radical (unpaired) electrons. The molecular formula is C16H14N2OS2. The van der Waals surface area contributed by atoms with Gasteiger partial charge in [0.1, 0.15) is 9.88 Å². The van der Waals surface area contributed by atoms with Gasteiger partial charge in [0.2, 0.25) is 0 Å². The van der Waals surface area contributed by atoms with Gasteiger partial charge >= 0.3 is 0 Å². The van der Waals surface area contributed by atoms with Crippen LogP contribution in [0.1, 0.15) is 15.4 Å². The van der Waals surface area contributed by atoms with E-state index in [0.29, 0.717) is 4.88 Å². The Bertz CT molecular complexity index is 748. The van der Waals surface area contributed by atoms with Gasteiger partial charge in [-0.25, -0.2) is 4.98 Å². The van der Waals surface area contributed by atoms with Gasteiger partial charge in [-0.05, 0) is 30.5 Å². The van der Waals surface area contributed by atoms with Crippen LogP contribution in [0.4, 0.5) is 5.69 Å². The lowest BCUT2D eigenvalue weighted by Gasteiger charge is -2.16. The summed E-state index contributed by atoms with van der Waals surface area (Å²) in [6.45, 7) is 1.89. The standard InChI is InChI=1S/C16H14N2OS2/c1-11-14(21-15(17-11)13-9-6-10-20-13)16(19)18(2)12-7-4-3-5-8-12/h3-10H,1-2H3. The predicted molar refractivity (Wildman–Crippen MR) is 89.3 cm³/mol. The van der Waals surface area contributed by atoms with Gasteiger partial charge in [0.25, 0.3) is 5.91 Å². The number of carbonyl (C=O) groups excluding carboxylic acids is 1. The van der Waals surface area contributed by atoms with Crippen molar-refractivity contribution in [3.63, 3.8) is 0 Å². The summed E-state index contributed by atoms with van der Waals surface area (Å²) in [6, 6.07) is 13.7. The van der Waals surface area contributed by atoms with E-state index in [2.05, 4.69) is 4.98 Å². The maximum Gasteiger partial charge on any atom is 0.270 e. The van der Waals surface area contributed by atoms with E-state index in [-0.39, 0.29) is 5.91 Å². The van der Waals surface area contributed by atoms with Crippen LogP contribution >= 0.6 is 22.7 Å². The lowest BCUT2D eigenvalue weighted by molar-refractivity contribution is 0.0996. The molecule has 0 N–H and O–H groups in total. The van der Waals surface area contributed by atoms with Gasteiger partial charge in [0.05, 0.1) is 10.6 Å². The van der Waals surface area contributed by atoms with Gasteiger partial charge in [-0.15, -0.1) is 22.7 Å². The topological polar surface area (TPSA) is 33.2 Å². The van der Waals surface area contributed by atoms with E-state index in [4.69, 9.17) is 0 Å². The lowest BCUT2D eigenvalue weighted by Crippen LogP contribution is -2.25. The van der Waals surface area contributed by atoms with Crippen LogP contribution in [0.2, 0.25) is 0 Å². The van der Waals surface area contributed by atoms with Crippen LogP contribution in [-0.4, -0.2) is 17.9 Å². The third kappa shape index (κ3) is 2.75. The second kappa shape index (κ2) is 5.79. The summed E-state index contributed by atoms with van der Waals surface area (Å²) in [5, 5.41) is 2.93. The molecule has 21 heavy (non-hydrogen) atoms. The molecule has 0 saturated heterocycles. The van der Waals surface area contributed by atoms with Gasteiger partial charge in [-0.1, -0.05) is 24.3 Å². The monoisotopic (exact) mass is 314 g/mol. The molecule has 1 aromatic carbocycles. The average Bonchev–Trinajstić information content (AvgIpc) is 3.16. The first-order valence-electron chi connectivity index (χ1n) is 6.51. The molecule has 0 unspecified atom stereocenters. The third-order valence-corrected chi connectivity index (χ3v) is 5.36. The number of thiazole rings is 1. The zero-order valence-electron chi connectivity index (χ0n) is 11.7. The molecule has 2 aromatic heterocycles. The van der Waals surface area contributed by atoms with Crippen molar-refractivity contribution in [1.29, 1.82) is 0 Å². The van der Waals surface area contributed by atoms with Crippen molar-refractivity contribution < 1.29 is 4.79 Å². The fraction of sp³-hybridized carbons (Fsp3) is 0.125. The molecular weight excluding hydrogens is 300 g/mol. The number of benzene rings is 1. The first-order valence-corrected chi connectivity index (χ1v) is 8.21. The largest absolute Gasteiger partial charge is 0.311 e. The van der Waals surface area contributed by atoms with Crippen LogP contribution in [0.5, 0.6) is 0 Å². The molecule has 0 aliphatic rings. The van der Waals surface area contributed by atoms with Gasteiger partial charge < -0.3 is 4.90 Å². The van der Waals surface area contributed by atoms with Crippen LogP contribution in [-0.2, 0) is 0 Å². The number of aromatic nitrogens is 1. The van der Waals surface area contributed by atoms with Crippen molar-refractivity contribution in [3.8, 4) is 9.88 Å². The molecule has 0 fully saturated rings. The van der Waals surface area contributed by atoms with Crippen molar-refractivity contribution in [1.82, 2.24) is 4.98 Å². The summed E-state index contributed by atoms with van der Waals surface area (Å²) in [6.07, 6.45) is 0. The summed E-state index contributed by atoms with van der Waals surface area (Å²) in [5.74, 6) is -0.0148. The Hall–Kier alpha value is -1.98. The maximum absolute atomic E-state index is 12.6. The van der Waals surface area contributed by atoms with Crippen LogP contribution in [0.25, 0.3) is 9.88 Å². The normalized spacial score (nSPS) is 10.6. The van der Waals surface area contributed by atoms with E-state index in [0.717, 1.165) is 21.3 Å². The minimum absolute atomic E-state index is 0.0148. The maximum atomic E-state index is 12.6. The van der Waals surface area contributed by atoms with Crippen LogP contribution < -0.4 is 4.90 Å². The Labute approximate surface area is 131 Å². The third-order valence-electron chi connectivity index (χ3n) is 3.17. The number of hydrogen-bond donors (Lipinski definition) is 0. The lowest BCUT2D eigenvalue weighted by atomic mass is 10.3. The van der Waals surface area contributed by atoms with E-state index in [1.165, 1.54) is 11.3 Å². The van der Waals surface area contributed by atoms with Crippen LogP contribution in [0.3, 0.4) is 0 Å². The van der Waals surface area contributed by atoms with Gasteiger partial charge in [0.15, 0.2) is 0 Å². The number of para-hydroxylation sites is 1. The molecule has 0 bridgehead atoms. The Morgan fingerprint density at radius 1 is 1.14 bits per heavy atom. The van der Waals surface area contributed by atoms with Gasteiger partial charge in [0, 0.05) is 12.7 Å². The van der Waals surface area contributed by atoms with E-state index in [1.54, 1.807) is 23.3 Å². The predicted octanol–water partition coefficient (Wildman–Crippen LogP) is 4.46. The van der Waals surface area contributed by atoms with Crippen molar-refractivity contribution in [2.24, 2.45) is 0 Å². The smallest absolute Gasteiger partial charge is 0.270 e.